The summed E-state index contributed by atoms with van der Waals surface area (Å²) in [5.41, 5.74) is 18.0. The Morgan fingerprint density at radius 3 is 1.98 bits per heavy atom. The fourth-order valence-electron chi connectivity index (χ4n) is 5.69. The van der Waals surface area contributed by atoms with Gasteiger partial charge in [0.15, 0.2) is 5.78 Å². The van der Waals surface area contributed by atoms with Crippen molar-refractivity contribution < 1.29 is 39.0 Å². The Hall–Kier alpha value is -4.34. The minimum atomic E-state index is -1.21. The highest BCUT2D eigenvalue weighted by Gasteiger charge is 2.33. The smallest absolute Gasteiger partial charge is 0.306 e. The molecule has 0 spiro atoms. The maximum Gasteiger partial charge on any atom is 0.306 e. The first kappa shape index (κ1) is 42.8. The van der Waals surface area contributed by atoms with Gasteiger partial charge in [0.25, 0.3) is 0 Å². The molecule has 0 aromatic heterocycles. The largest absolute Gasteiger partial charge is 0.508 e. The maximum atomic E-state index is 13.9. The third-order valence-corrected chi connectivity index (χ3v) is 8.84. The fraction of sp³-hybridized carbons (Fsp3) is 0.611. The number of carboxylic acid groups (broad SMARTS) is 1. The molecule has 1 aromatic carbocycles. The van der Waals surface area contributed by atoms with Crippen LogP contribution in [0.15, 0.2) is 36.4 Å². The molecule has 1 aliphatic rings. The lowest BCUT2D eigenvalue weighted by Gasteiger charge is -2.27. The van der Waals surface area contributed by atoms with Crippen molar-refractivity contribution in [3.05, 3.63) is 42.0 Å². The first-order valence-corrected chi connectivity index (χ1v) is 18.0. The molecule has 4 amide bonds. The van der Waals surface area contributed by atoms with Crippen LogP contribution in [0, 0.1) is 5.92 Å². The van der Waals surface area contributed by atoms with E-state index in [1.54, 1.807) is 24.3 Å². The Morgan fingerprint density at radius 1 is 0.843 bits per heavy atom. The first-order chi connectivity index (χ1) is 24.4. The van der Waals surface area contributed by atoms with Crippen molar-refractivity contribution in [2.45, 2.75) is 121 Å². The van der Waals surface area contributed by atoms with Gasteiger partial charge in [0.2, 0.25) is 23.6 Å². The SMILES string of the molecule is CCCC[C@H](CC(=O)[C@H](Cc1ccc(O)cc1)NC(=O)[C@@H]1CC=CC[C@H](N)C(=O)N[C@@H](CCCCN)C(=O)N[C@@H](CCCCN)C(=O)N1)C(=O)O. The van der Waals surface area contributed by atoms with Crippen LogP contribution in [0.5, 0.6) is 5.75 Å². The average Bonchev–Trinajstić information content (AvgIpc) is 3.10. The van der Waals surface area contributed by atoms with Crippen LogP contribution >= 0.6 is 0 Å². The van der Waals surface area contributed by atoms with Crippen LogP contribution in [0.1, 0.15) is 89.5 Å². The molecule has 0 saturated carbocycles. The van der Waals surface area contributed by atoms with Crippen LogP contribution in [-0.2, 0) is 35.2 Å². The summed E-state index contributed by atoms with van der Waals surface area (Å²) in [6, 6.07) is 0.687. The number of aliphatic carboxylic acids is 1. The van der Waals surface area contributed by atoms with E-state index in [4.69, 9.17) is 17.2 Å². The van der Waals surface area contributed by atoms with E-state index in [-0.39, 0.29) is 44.3 Å². The number of ketones is 1. The Bertz CT molecular complexity index is 1320. The van der Waals surface area contributed by atoms with E-state index >= 15 is 0 Å². The Kier molecular flexibility index (Phi) is 19.5. The Balaban J connectivity index is 2.42. The second kappa shape index (κ2) is 23.2. The molecule has 0 unspecified atom stereocenters. The third kappa shape index (κ3) is 15.6. The Labute approximate surface area is 299 Å². The van der Waals surface area contributed by atoms with Crippen LogP contribution in [0.2, 0.25) is 0 Å². The van der Waals surface area contributed by atoms with Crippen molar-refractivity contribution >= 4 is 35.4 Å². The van der Waals surface area contributed by atoms with Gasteiger partial charge in [-0.1, -0.05) is 44.1 Å². The van der Waals surface area contributed by atoms with Crippen molar-refractivity contribution in [2.24, 2.45) is 23.1 Å². The summed E-state index contributed by atoms with van der Waals surface area (Å²) < 4.78 is 0. The van der Waals surface area contributed by atoms with Crippen LogP contribution in [0.4, 0.5) is 0 Å². The lowest BCUT2D eigenvalue weighted by Crippen LogP contribution is -2.58. The molecule has 0 bridgehead atoms. The van der Waals surface area contributed by atoms with E-state index < -0.39 is 71.5 Å². The summed E-state index contributed by atoms with van der Waals surface area (Å²) in [7, 11) is 0. The predicted molar refractivity (Wildman–Crippen MR) is 192 cm³/mol. The van der Waals surface area contributed by atoms with Gasteiger partial charge in [-0.05, 0) is 95.0 Å². The molecule has 2 rings (SSSR count). The van der Waals surface area contributed by atoms with Gasteiger partial charge in [0.1, 0.15) is 23.9 Å². The van der Waals surface area contributed by atoms with Gasteiger partial charge in [0.05, 0.1) is 18.0 Å². The molecular weight excluding hydrogens is 658 g/mol. The summed E-state index contributed by atoms with van der Waals surface area (Å²) in [5.74, 6) is -4.99. The van der Waals surface area contributed by atoms with Gasteiger partial charge < -0.3 is 48.7 Å². The lowest BCUT2D eigenvalue weighted by atomic mass is 9.91. The van der Waals surface area contributed by atoms with Crippen molar-refractivity contribution in [2.75, 3.05) is 13.1 Å². The highest BCUT2D eigenvalue weighted by atomic mass is 16.4. The molecule has 15 heteroatoms. The van der Waals surface area contributed by atoms with Crippen LogP contribution in [0.3, 0.4) is 0 Å². The van der Waals surface area contributed by atoms with Crippen molar-refractivity contribution in [1.29, 1.82) is 0 Å². The van der Waals surface area contributed by atoms with Gasteiger partial charge in [-0.2, -0.15) is 0 Å². The third-order valence-electron chi connectivity index (χ3n) is 8.84. The quantitative estimate of drug-likeness (QED) is 0.0709. The standard InChI is InChI=1S/C36H57N7O8/c1-2-3-10-24(36(50)51)22-31(45)30(21-23-15-17-25(44)18-16-23)43-35(49)28-12-5-4-11-26(39)32(46)40-27(13-6-8-19-37)33(47)42-29(34(48)41-28)14-7-9-20-38/h4-5,15-18,24,26-30,44H,2-3,6-14,19-22,37-39H2,1H3,(H,40,46)(H,41,48)(H,42,47)(H,43,49)(H,50,51)/t24-,26+,27+,28+,29+,30+/m1/s1. The number of unbranched alkanes of at least 4 members (excludes halogenated alkanes) is 3. The van der Waals surface area contributed by atoms with Crippen molar-refractivity contribution in [3.63, 3.8) is 0 Å². The number of phenols is 1. The zero-order valence-corrected chi connectivity index (χ0v) is 29.6. The van der Waals surface area contributed by atoms with Gasteiger partial charge in [-0.15, -0.1) is 0 Å². The summed E-state index contributed by atoms with van der Waals surface area (Å²) >= 11 is 0. The molecule has 1 aromatic rings. The second-order valence-corrected chi connectivity index (χ2v) is 13.1. The average molecular weight is 716 g/mol. The van der Waals surface area contributed by atoms with E-state index in [1.807, 2.05) is 6.92 Å². The number of carbonyl (C=O) groups excluding carboxylic acids is 5. The summed E-state index contributed by atoms with van der Waals surface area (Å²) in [4.78, 5) is 79.6. The lowest BCUT2D eigenvalue weighted by molar-refractivity contribution is -0.144. The second-order valence-electron chi connectivity index (χ2n) is 13.1. The van der Waals surface area contributed by atoms with Gasteiger partial charge >= 0.3 is 5.97 Å². The highest BCUT2D eigenvalue weighted by molar-refractivity contribution is 5.96. The minimum absolute atomic E-state index is 0.00869. The molecule has 0 radical (unpaired) electrons. The molecule has 1 heterocycles. The number of carboxylic acids is 1. The zero-order valence-electron chi connectivity index (χ0n) is 29.6. The maximum absolute atomic E-state index is 13.9. The van der Waals surface area contributed by atoms with Gasteiger partial charge in [-0.25, -0.2) is 0 Å². The molecular formula is C36H57N7O8. The number of Topliss-reactive ketones (excluding diaryl/α,β-unsaturated/α-hetero) is 1. The molecule has 12 N–H and O–H groups in total. The van der Waals surface area contributed by atoms with E-state index in [0.29, 0.717) is 57.2 Å². The number of aromatic hydroxyl groups is 1. The van der Waals surface area contributed by atoms with Crippen LogP contribution in [-0.4, -0.2) is 88.9 Å². The van der Waals surface area contributed by atoms with E-state index in [2.05, 4.69) is 21.3 Å². The number of carbonyl (C=O) groups is 6. The number of benzene rings is 1. The number of rotatable bonds is 19. The van der Waals surface area contributed by atoms with Crippen LogP contribution in [0.25, 0.3) is 0 Å². The zero-order chi connectivity index (χ0) is 37.8. The highest BCUT2D eigenvalue weighted by Crippen LogP contribution is 2.18. The van der Waals surface area contributed by atoms with E-state index in [9.17, 15) is 39.0 Å². The molecule has 15 nitrogen and oxygen atoms in total. The minimum Gasteiger partial charge on any atom is -0.508 e. The Morgan fingerprint density at radius 2 is 1.41 bits per heavy atom. The number of amides is 4. The van der Waals surface area contributed by atoms with Crippen molar-refractivity contribution in [3.8, 4) is 5.75 Å². The number of nitrogens with one attached hydrogen (secondary N) is 4. The summed E-state index contributed by atoms with van der Waals surface area (Å²) in [6.07, 6.45) is 7.34. The summed E-state index contributed by atoms with van der Waals surface area (Å²) in [5, 5.41) is 30.4. The predicted octanol–water partition coefficient (Wildman–Crippen LogP) is 0.659. The summed E-state index contributed by atoms with van der Waals surface area (Å²) in [6.45, 7) is 2.69. The molecule has 51 heavy (non-hydrogen) atoms. The molecule has 6 atom stereocenters. The molecule has 284 valence electrons. The van der Waals surface area contributed by atoms with E-state index in [0.717, 1.165) is 6.42 Å². The molecule has 0 aliphatic carbocycles. The van der Waals surface area contributed by atoms with Crippen molar-refractivity contribution in [1.82, 2.24) is 21.3 Å². The normalized spacial score (nSPS) is 21.4. The molecule has 0 fully saturated rings. The topological polar surface area (TPSA) is 269 Å². The van der Waals surface area contributed by atoms with Crippen LogP contribution < -0.4 is 38.5 Å². The first-order valence-electron chi connectivity index (χ1n) is 18.0. The van der Waals surface area contributed by atoms with E-state index in [1.165, 1.54) is 12.1 Å². The number of nitrogens with two attached hydrogens (primary N) is 3. The van der Waals surface area contributed by atoms with Gasteiger partial charge in [-0.3, -0.25) is 28.8 Å². The number of hydrogen-bond donors (Lipinski definition) is 9. The van der Waals surface area contributed by atoms with Gasteiger partial charge in [0, 0.05) is 6.42 Å². The fourth-order valence-corrected chi connectivity index (χ4v) is 5.69. The monoisotopic (exact) mass is 715 g/mol. The molecule has 1 aliphatic heterocycles. The number of phenolic OH excluding ortho intramolecular Hbond substituents is 1. The number of hydrogen-bond acceptors (Lipinski definition) is 10. The molecule has 0 saturated heterocycles.